The number of hydrogen-bond donors (Lipinski definition) is 0. The van der Waals surface area contributed by atoms with Gasteiger partial charge in [-0.25, -0.2) is 8.42 Å². The Balaban J connectivity index is 1.60. The Labute approximate surface area is 174 Å². The summed E-state index contributed by atoms with van der Waals surface area (Å²) in [6, 6.07) is 14.0. The highest BCUT2D eigenvalue weighted by Gasteiger charge is 2.28. The topological polar surface area (TPSA) is 71.7 Å². The maximum atomic E-state index is 12.9. The number of sulfonamides is 1. The van der Waals surface area contributed by atoms with Crippen molar-refractivity contribution in [2.75, 3.05) is 13.1 Å². The van der Waals surface area contributed by atoms with Gasteiger partial charge in [-0.1, -0.05) is 30.4 Å². The fourth-order valence-electron chi connectivity index (χ4n) is 3.62. The van der Waals surface area contributed by atoms with Crippen LogP contribution in [0, 0.1) is 5.92 Å². The molecule has 0 spiro atoms. The van der Waals surface area contributed by atoms with Gasteiger partial charge in [-0.3, -0.25) is 4.79 Å². The van der Waals surface area contributed by atoms with Crippen molar-refractivity contribution in [2.24, 2.45) is 18.0 Å². The molecular weight excluding hydrogens is 406 g/mol. The van der Waals surface area contributed by atoms with E-state index < -0.39 is 10.0 Å². The lowest BCUT2D eigenvalue weighted by Crippen LogP contribution is -2.39. The van der Waals surface area contributed by atoms with Crippen LogP contribution in [0.2, 0.25) is 0 Å². The molecule has 0 radical (unpaired) electrons. The van der Waals surface area contributed by atoms with E-state index in [1.54, 1.807) is 16.4 Å². The van der Waals surface area contributed by atoms with Crippen LogP contribution in [0.4, 0.5) is 0 Å². The molecule has 1 aromatic heterocycles. The molecule has 1 aliphatic heterocycles. The zero-order valence-electron chi connectivity index (χ0n) is 16.4. The van der Waals surface area contributed by atoms with Gasteiger partial charge in [0.15, 0.2) is 4.80 Å². The van der Waals surface area contributed by atoms with Gasteiger partial charge in [-0.15, -0.1) is 0 Å². The minimum absolute atomic E-state index is 0.218. The van der Waals surface area contributed by atoms with Crippen LogP contribution < -0.4 is 4.80 Å². The maximum Gasteiger partial charge on any atom is 0.279 e. The lowest BCUT2D eigenvalue weighted by molar-refractivity contribution is 0.0998. The summed E-state index contributed by atoms with van der Waals surface area (Å²) in [5.41, 5.74) is 1.38. The number of aromatic nitrogens is 1. The highest BCUT2D eigenvalue weighted by Crippen LogP contribution is 2.24. The molecule has 6 nitrogen and oxygen atoms in total. The maximum absolute atomic E-state index is 12.9. The molecule has 29 heavy (non-hydrogen) atoms. The van der Waals surface area contributed by atoms with Gasteiger partial charge < -0.3 is 4.57 Å². The molecule has 0 saturated carbocycles. The van der Waals surface area contributed by atoms with E-state index in [4.69, 9.17) is 0 Å². The fraction of sp³-hybridized carbons (Fsp3) is 0.333. The van der Waals surface area contributed by atoms with E-state index in [0.717, 1.165) is 23.1 Å². The minimum atomic E-state index is -3.53. The van der Waals surface area contributed by atoms with Crippen molar-refractivity contribution >= 4 is 37.5 Å². The number of benzene rings is 2. The number of hydrogen-bond acceptors (Lipinski definition) is 4. The summed E-state index contributed by atoms with van der Waals surface area (Å²) < 4.78 is 30.2. The molecule has 1 atom stereocenters. The molecule has 8 heteroatoms. The summed E-state index contributed by atoms with van der Waals surface area (Å²) >= 11 is 1.45. The van der Waals surface area contributed by atoms with Gasteiger partial charge in [0.25, 0.3) is 5.91 Å². The van der Waals surface area contributed by atoms with Gasteiger partial charge in [-0.05, 0) is 55.2 Å². The largest absolute Gasteiger partial charge is 0.319 e. The van der Waals surface area contributed by atoms with Crippen LogP contribution in [-0.2, 0) is 17.1 Å². The van der Waals surface area contributed by atoms with Crippen LogP contribution in [0.15, 0.2) is 58.4 Å². The molecule has 2 heterocycles. The molecule has 0 unspecified atom stereocenters. The van der Waals surface area contributed by atoms with E-state index in [2.05, 4.69) is 11.9 Å². The van der Waals surface area contributed by atoms with Crippen LogP contribution in [0.1, 0.15) is 30.1 Å². The van der Waals surface area contributed by atoms with E-state index >= 15 is 0 Å². The molecule has 0 aliphatic carbocycles. The number of nitrogens with zero attached hydrogens (tertiary/aromatic N) is 3. The number of thiazole rings is 1. The van der Waals surface area contributed by atoms with Crippen molar-refractivity contribution in [3.05, 3.63) is 58.9 Å². The zero-order chi connectivity index (χ0) is 20.6. The predicted molar refractivity (Wildman–Crippen MR) is 114 cm³/mol. The summed E-state index contributed by atoms with van der Waals surface area (Å²) in [6.45, 7) is 3.16. The third kappa shape index (κ3) is 3.92. The van der Waals surface area contributed by atoms with Gasteiger partial charge in [0.05, 0.1) is 15.1 Å². The first-order chi connectivity index (χ1) is 13.9. The average Bonchev–Trinajstić information content (AvgIpc) is 3.04. The van der Waals surface area contributed by atoms with E-state index in [-0.39, 0.29) is 10.8 Å². The summed E-state index contributed by atoms with van der Waals surface area (Å²) in [5.74, 6) is -0.0251. The Morgan fingerprint density at radius 2 is 1.86 bits per heavy atom. The van der Waals surface area contributed by atoms with Crippen molar-refractivity contribution in [3.63, 3.8) is 0 Å². The van der Waals surface area contributed by atoms with Gasteiger partial charge in [0.1, 0.15) is 0 Å². The van der Waals surface area contributed by atoms with Crippen molar-refractivity contribution in [1.29, 1.82) is 0 Å². The molecule has 1 aliphatic rings. The smallest absolute Gasteiger partial charge is 0.279 e. The second-order valence-electron chi connectivity index (χ2n) is 7.46. The highest BCUT2D eigenvalue weighted by molar-refractivity contribution is 7.89. The summed E-state index contributed by atoms with van der Waals surface area (Å²) in [7, 11) is -1.66. The predicted octanol–water partition coefficient (Wildman–Crippen LogP) is 3.40. The monoisotopic (exact) mass is 429 g/mol. The minimum Gasteiger partial charge on any atom is -0.319 e. The Morgan fingerprint density at radius 3 is 2.55 bits per heavy atom. The highest BCUT2D eigenvalue weighted by atomic mass is 32.2. The number of carbonyl (C=O) groups excluding carboxylic acids is 1. The van der Waals surface area contributed by atoms with Crippen LogP contribution in [0.25, 0.3) is 10.2 Å². The summed E-state index contributed by atoms with van der Waals surface area (Å²) in [4.78, 5) is 17.7. The molecule has 152 valence electrons. The Kier molecular flexibility index (Phi) is 5.42. The molecule has 3 aromatic rings. The van der Waals surface area contributed by atoms with Crippen molar-refractivity contribution < 1.29 is 13.2 Å². The third-order valence-corrected chi connectivity index (χ3v) is 8.26. The first-order valence-corrected chi connectivity index (χ1v) is 11.9. The van der Waals surface area contributed by atoms with Crippen molar-refractivity contribution in [1.82, 2.24) is 8.87 Å². The lowest BCUT2D eigenvalue weighted by Gasteiger charge is -2.30. The van der Waals surface area contributed by atoms with Crippen LogP contribution in [0.3, 0.4) is 0 Å². The molecule has 2 aromatic carbocycles. The molecular formula is C21H23N3O3S2. The Morgan fingerprint density at radius 1 is 1.14 bits per heavy atom. The fourth-order valence-corrected chi connectivity index (χ4v) is 6.24. The van der Waals surface area contributed by atoms with Gasteiger partial charge in [0, 0.05) is 25.7 Å². The number of amides is 1. The van der Waals surface area contributed by atoms with Crippen LogP contribution in [0.5, 0.6) is 0 Å². The second kappa shape index (κ2) is 7.85. The summed E-state index contributed by atoms with van der Waals surface area (Å²) in [6.07, 6.45) is 1.93. The molecule has 0 N–H and O–H groups in total. The quantitative estimate of drug-likeness (QED) is 0.641. The number of aryl methyl sites for hydroxylation is 1. The normalized spacial score (nSPS) is 19.0. The molecule has 1 saturated heterocycles. The van der Waals surface area contributed by atoms with Crippen molar-refractivity contribution in [3.8, 4) is 0 Å². The molecule has 1 amide bonds. The third-order valence-electron chi connectivity index (χ3n) is 5.27. The van der Waals surface area contributed by atoms with Gasteiger partial charge >= 0.3 is 0 Å². The Hall–Kier alpha value is -2.29. The number of para-hydroxylation sites is 1. The van der Waals surface area contributed by atoms with Crippen molar-refractivity contribution in [2.45, 2.75) is 24.7 Å². The molecule has 4 rings (SSSR count). The number of fused-ring (bicyclic) bond motifs is 1. The lowest BCUT2D eigenvalue weighted by atomic mass is 10.0. The number of carbonyl (C=O) groups is 1. The van der Waals surface area contributed by atoms with E-state index in [0.29, 0.717) is 29.4 Å². The van der Waals surface area contributed by atoms with E-state index in [1.165, 1.54) is 23.5 Å². The Bertz CT molecular complexity index is 1220. The second-order valence-corrected chi connectivity index (χ2v) is 10.4. The first kappa shape index (κ1) is 20.0. The van der Waals surface area contributed by atoms with E-state index in [1.807, 2.05) is 35.9 Å². The standard InChI is InChI=1S/C21H23N3O3S2/c1-15-6-5-13-24(14-15)29(26,27)17-11-9-16(10-12-17)20(25)22-21-23(2)18-7-3-4-8-19(18)28-21/h3-4,7-12,15H,5-6,13-14H2,1-2H3/t15-/m0/s1. The van der Waals surface area contributed by atoms with E-state index in [9.17, 15) is 13.2 Å². The average molecular weight is 430 g/mol. The number of rotatable bonds is 3. The number of piperidine rings is 1. The first-order valence-electron chi connectivity index (χ1n) is 9.60. The van der Waals surface area contributed by atoms with Crippen LogP contribution >= 0.6 is 11.3 Å². The van der Waals surface area contributed by atoms with Gasteiger partial charge in [-0.2, -0.15) is 9.30 Å². The SMILES string of the molecule is C[C@H]1CCCN(S(=O)(=O)c2ccc(C(=O)N=c3sc4ccccc4n3C)cc2)C1. The van der Waals surface area contributed by atoms with Crippen LogP contribution in [-0.4, -0.2) is 36.3 Å². The molecule has 1 fully saturated rings. The molecule has 0 bridgehead atoms. The zero-order valence-corrected chi connectivity index (χ0v) is 18.0. The van der Waals surface area contributed by atoms with Gasteiger partial charge in [0.2, 0.25) is 10.0 Å². The summed E-state index contributed by atoms with van der Waals surface area (Å²) in [5, 5.41) is 0.